The number of nitrogens with one attached hydrogen (secondary N) is 1. The molecule has 24 heavy (non-hydrogen) atoms. The smallest absolute Gasteiger partial charge is 0.163 e. The molecule has 1 saturated heterocycles. The van der Waals surface area contributed by atoms with Crippen LogP contribution in [0.25, 0.3) is 11.2 Å². The normalized spacial score (nSPS) is 15.9. The lowest BCUT2D eigenvalue weighted by atomic mass is 9.94. The number of benzene rings is 1. The molecule has 0 saturated carbocycles. The fraction of sp³-hybridized carbons (Fsp3) is 0.389. The minimum absolute atomic E-state index is 0.216. The van der Waals surface area contributed by atoms with Gasteiger partial charge in [-0.2, -0.15) is 0 Å². The Labute approximate surface area is 140 Å². The summed E-state index contributed by atoms with van der Waals surface area (Å²) in [6, 6.07) is 6.62. The van der Waals surface area contributed by atoms with Gasteiger partial charge in [0, 0.05) is 6.42 Å². The predicted molar refractivity (Wildman–Crippen MR) is 90.1 cm³/mol. The van der Waals surface area contributed by atoms with E-state index in [0.29, 0.717) is 12.5 Å². The van der Waals surface area contributed by atoms with Gasteiger partial charge in [-0.05, 0) is 49.5 Å². The average Bonchev–Trinajstić information content (AvgIpc) is 2.95. The van der Waals surface area contributed by atoms with Crippen LogP contribution in [0.2, 0.25) is 0 Å². The van der Waals surface area contributed by atoms with Crippen molar-refractivity contribution < 1.29 is 4.39 Å². The lowest BCUT2D eigenvalue weighted by molar-refractivity contribution is 0.364. The van der Waals surface area contributed by atoms with Crippen molar-refractivity contribution >= 4 is 11.2 Å². The molecule has 0 bridgehead atoms. The maximum Gasteiger partial charge on any atom is 0.163 e. The maximum absolute atomic E-state index is 13.2. The van der Waals surface area contributed by atoms with Crippen molar-refractivity contribution in [3.63, 3.8) is 0 Å². The molecular weight excluding hydrogens is 305 g/mol. The number of rotatable bonds is 4. The molecule has 1 aliphatic heterocycles. The van der Waals surface area contributed by atoms with Gasteiger partial charge in [0.25, 0.3) is 0 Å². The summed E-state index contributed by atoms with van der Waals surface area (Å²) in [5.74, 6) is 1.47. The van der Waals surface area contributed by atoms with Gasteiger partial charge in [-0.1, -0.05) is 12.1 Å². The third kappa shape index (κ3) is 3.14. The molecule has 1 N–H and O–H groups in total. The summed E-state index contributed by atoms with van der Waals surface area (Å²) in [7, 11) is 0. The lowest BCUT2D eigenvalue weighted by Gasteiger charge is -2.22. The maximum atomic E-state index is 13.2. The first kappa shape index (κ1) is 15.2. The topological polar surface area (TPSA) is 55.6 Å². The van der Waals surface area contributed by atoms with Gasteiger partial charge < -0.3 is 9.88 Å². The van der Waals surface area contributed by atoms with Crippen LogP contribution >= 0.6 is 0 Å². The van der Waals surface area contributed by atoms with Gasteiger partial charge in [-0.15, -0.1) is 0 Å². The zero-order valence-electron chi connectivity index (χ0n) is 13.5. The van der Waals surface area contributed by atoms with E-state index in [1.165, 1.54) is 25.0 Å². The van der Waals surface area contributed by atoms with Gasteiger partial charge in [-0.25, -0.2) is 19.3 Å². The first-order valence-electron chi connectivity index (χ1n) is 8.40. The highest BCUT2D eigenvalue weighted by Crippen LogP contribution is 2.22. The second kappa shape index (κ2) is 6.65. The quantitative estimate of drug-likeness (QED) is 0.801. The first-order chi connectivity index (χ1) is 11.8. The van der Waals surface area contributed by atoms with Crippen LogP contribution in [-0.2, 0) is 13.0 Å². The highest BCUT2D eigenvalue weighted by Gasteiger charge is 2.19. The van der Waals surface area contributed by atoms with Crippen LogP contribution in [-0.4, -0.2) is 32.6 Å². The number of hydrogen-bond donors (Lipinski definition) is 1. The van der Waals surface area contributed by atoms with E-state index in [0.717, 1.165) is 42.1 Å². The number of hydrogen-bond acceptors (Lipinski definition) is 4. The van der Waals surface area contributed by atoms with Crippen LogP contribution in [0.3, 0.4) is 0 Å². The molecule has 4 rings (SSSR count). The van der Waals surface area contributed by atoms with Crippen LogP contribution in [0.4, 0.5) is 4.39 Å². The molecule has 0 atom stereocenters. The summed E-state index contributed by atoms with van der Waals surface area (Å²) < 4.78 is 15.3. The van der Waals surface area contributed by atoms with Crippen molar-refractivity contribution in [1.82, 2.24) is 24.8 Å². The summed E-state index contributed by atoms with van der Waals surface area (Å²) in [6.45, 7) is 2.79. The number of aromatic nitrogens is 4. The fourth-order valence-electron chi connectivity index (χ4n) is 3.36. The average molecular weight is 325 g/mol. The zero-order chi connectivity index (χ0) is 16.4. The van der Waals surface area contributed by atoms with E-state index >= 15 is 0 Å². The number of fused-ring (bicyclic) bond motifs is 1. The molecule has 0 amide bonds. The molecule has 1 fully saturated rings. The Balaban J connectivity index is 1.68. The summed E-state index contributed by atoms with van der Waals surface area (Å²) in [4.78, 5) is 13.3. The van der Waals surface area contributed by atoms with Crippen LogP contribution in [0, 0.1) is 11.7 Å². The van der Waals surface area contributed by atoms with Crippen molar-refractivity contribution in [3.8, 4) is 0 Å². The van der Waals surface area contributed by atoms with Gasteiger partial charge in [-0.3, -0.25) is 0 Å². The van der Waals surface area contributed by atoms with Crippen molar-refractivity contribution in [2.75, 3.05) is 13.1 Å². The fourth-order valence-corrected chi connectivity index (χ4v) is 3.36. The summed E-state index contributed by atoms with van der Waals surface area (Å²) in [6.07, 6.45) is 6.60. The van der Waals surface area contributed by atoms with Crippen molar-refractivity contribution in [3.05, 3.63) is 54.0 Å². The second-order valence-corrected chi connectivity index (χ2v) is 6.37. The van der Waals surface area contributed by atoms with Crippen LogP contribution in [0.15, 0.2) is 36.8 Å². The lowest BCUT2D eigenvalue weighted by Crippen LogP contribution is -2.29. The van der Waals surface area contributed by atoms with E-state index in [2.05, 4.69) is 19.9 Å². The van der Waals surface area contributed by atoms with Crippen LogP contribution < -0.4 is 5.32 Å². The summed E-state index contributed by atoms with van der Waals surface area (Å²) in [5.41, 5.74) is 2.71. The third-order valence-corrected chi connectivity index (χ3v) is 4.67. The molecule has 5 nitrogen and oxygen atoms in total. The summed E-state index contributed by atoms with van der Waals surface area (Å²) in [5, 5.41) is 3.40. The Kier molecular flexibility index (Phi) is 4.21. The minimum Gasteiger partial charge on any atom is -0.317 e. The Morgan fingerprint density at radius 3 is 2.75 bits per heavy atom. The number of nitrogens with zero attached hydrogens (tertiary/aromatic N) is 4. The molecular formula is C18H20FN5. The molecule has 3 heterocycles. The standard InChI is InChI=1S/C18H20FN5/c19-15-3-1-14(2-4-15)11-24-17(9-13-5-7-20-8-6-13)23-16-10-21-12-22-18(16)24/h1-4,10,12-13,20H,5-9,11H2. The van der Waals surface area contributed by atoms with E-state index in [1.807, 2.05) is 12.1 Å². The van der Waals surface area contributed by atoms with E-state index in [4.69, 9.17) is 4.98 Å². The minimum atomic E-state index is -0.216. The van der Waals surface area contributed by atoms with E-state index < -0.39 is 0 Å². The molecule has 0 spiro atoms. The summed E-state index contributed by atoms with van der Waals surface area (Å²) >= 11 is 0. The van der Waals surface area contributed by atoms with Gasteiger partial charge in [0.1, 0.15) is 23.5 Å². The van der Waals surface area contributed by atoms with Gasteiger partial charge >= 0.3 is 0 Å². The second-order valence-electron chi connectivity index (χ2n) is 6.37. The first-order valence-corrected chi connectivity index (χ1v) is 8.40. The molecule has 3 aromatic rings. The van der Waals surface area contributed by atoms with Crippen LogP contribution in [0.5, 0.6) is 0 Å². The Morgan fingerprint density at radius 1 is 1.17 bits per heavy atom. The Hall–Kier alpha value is -2.34. The predicted octanol–water partition coefficient (Wildman–Crippen LogP) is 2.56. The highest BCUT2D eigenvalue weighted by atomic mass is 19.1. The number of imidazole rings is 1. The third-order valence-electron chi connectivity index (χ3n) is 4.67. The highest BCUT2D eigenvalue weighted by molar-refractivity contribution is 5.70. The molecule has 0 aliphatic carbocycles. The largest absolute Gasteiger partial charge is 0.317 e. The van der Waals surface area contributed by atoms with Gasteiger partial charge in [0.05, 0.1) is 12.7 Å². The molecule has 6 heteroatoms. The van der Waals surface area contributed by atoms with Gasteiger partial charge in [0.15, 0.2) is 5.65 Å². The Bertz CT molecular complexity index is 821. The number of piperidine rings is 1. The molecule has 1 aliphatic rings. The van der Waals surface area contributed by atoms with Crippen molar-refractivity contribution in [2.24, 2.45) is 5.92 Å². The van der Waals surface area contributed by atoms with Crippen LogP contribution in [0.1, 0.15) is 24.2 Å². The molecule has 1 aromatic carbocycles. The number of halogens is 1. The van der Waals surface area contributed by atoms with Gasteiger partial charge in [0.2, 0.25) is 0 Å². The monoisotopic (exact) mass is 325 g/mol. The molecule has 0 unspecified atom stereocenters. The zero-order valence-corrected chi connectivity index (χ0v) is 13.5. The van der Waals surface area contributed by atoms with E-state index in [9.17, 15) is 4.39 Å². The SMILES string of the molecule is Fc1ccc(Cn2c(CC3CCNCC3)nc3cncnc32)cc1. The van der Waals surface area contributed by atoms with Crippen molar-refractivity contribution in [1.29, 1.82) is 0 Å². The molecule has 0 radical (unpaired) electrons. The molecule has 124 valence electrons. The van der Waals surface area contributed by atoms with E-state index in [1.54, 1.807) is 12.5 Å². The van der Waals surface area contributed by atoms with E-state index in [-0.39, 0.29) is 5.82 Å². The van der Waals surface area contributed by atoms with Crippen molar-refractivity contribution in [2.45, 2.75) is 25.8 Å². The Morgan fingerprint density at radius 2 is 1.96 bits per heavy atom. The molecule has 2 aromatic heterocycles.